The van der Waals surface area contributed by atoms with E-state index in [9.17, 15) is 13.2 Å². The molecule has 0 saturated heterocycles. The number of carbonyl (C=O) groups excluding carboxylic acids is 1. The SMILES string of the molecule is C[C@@H](NS(=O)(=O)c1ccc2c(c1)OCCCO2)C(=O)NCc1ccccc1. The molecule has 2 N–H and O–H groups in total. The van der Waals surface area contributed by atoms with Crippen molar-refractivity contribution in [2.75, 3.05) is 13.2 Å². The molecule has 0 unspecified atom stereocenters. The van der Waals surface area contributed by atoms with E-state index in [0.29, 0.717) is 31.3 Å². The summed E-state index contributed by atoms with van der Waals surface area (Å²) >= 11 is 0. The van der Waals surface area contributed by atoms with E-state index >= 15 is 0 Å². The summed E-state index contributed by atoms with van der Waals surface area (Å²) in [5, 5.41) is 2.72. The van der Waals surface area contributed by atoms with E-state index < -0.39 is 22.0 Å². The maximum atomic E-state index is 12.6. The number of hydrogen-bond donors (Lipinski definition) is 2. The lowest BCUT2D eigenvalue weighted by Crippen LogP contribution is -2.44. The Morgan fingerprint density at radius 3 is 2.52 bits per heavy atom. The van der Waals surface area contributed by atoms with E-state index in [1.165, 1.54) is 19.1 Å². The first kappa shape index (κ1) is 19.2. The Morgan fingerprint density at radius 1 is 1.07 bits per heavy atom. The summed E-state index contributed by atoms with van der Waals surface area (Å²) in [6.45, 7) is 2.81. The molecule has 27 heavy (non-hydrogen) atoms. The molecule has 2 aromatic carbocycles. The van der Waals surface area contributed by atoms with Crippen LogP contribution in [0.2, 0.25) is 0 Å². The second kappa shape index (κ2) is 8.41. The van der Waals surface area contributed by atoms with E-state index in [1.807, 2.05) is 30.3 Å². The van der Waals surface area contributed by atoms with Crippen LogP contribution in [-0.2, 0) is 21.4 Å². The smallest absolute Gasteiger partial charge is 0.241 e. The molecule has 8 heteroatoms. The summed E-state index contributed by atoms with van der Waals surface area (Å²) in [4.78, 5) is 12.2. The zero-order chi connectivity index (χ0) is 19.3. The summed E-state index contributed by atoms with van der Waals surface area (Å²) < 4.78 is 38.6. The Bertz CT molecular complexity index is 900. The fourth-order valence-corrected chi connectivity index (χ4v) is 3.82. The molecular formula is C19H22N2O5S. The van der Waals surface area contributed by atoms with Crippen molar-refractivity contribution in [1.82, 2.24) is 10.0 Å². The standard InChI is InChI=1S/C19H22N2O5S/c1-14(19(22)20-13-15-6-3-2-4-7-15)21-27(23,24)16-8-9-17-18(12-16)26-11-5-10-25-17/h2-4,6-9,12,14,21H,5,10-11,13H2,1H3,(H,20,22)/t14-/m1/s1. The van der Waals surface area contributed by atoms with E-state index in [0.717, 1.165) is 12.0 Å². The first-order chi connectivity index (χ1) is 13.0. The molecule has 0 fully saturated rings. The van der Waals surface area contributed by atoms with Gasteiger partial charge in [-0.3, -0.25) is 4.79 Å². The Labute approximate surface area is 158 Å². The average Bonchev–Trinajstić information content (AvgIpc) is 2.91. The number of carbonyl (C=O) groups is 1. The predicted molar refractivity (Wildman–Crippen MR) is 100 cm³/mol. The van der Waals surface area contributed by atoms with Crippen molar-refractivity contribution >= 4 is 15.9 Å². The summed E-state index contributed by atoms with van der Waals surface area (Å²) in [6, 6.07) is 12.9. The molecular weight excluding hydrogens is 368 g/mol. The highest BCUT2D eigenvalue weighted by Crippen LogP contribution is 2.31. The zero-order valence-corrected chi connectivity index (χ0v) is 15.8. The van der Waals surface area contributed by atoms with E-state index in [2.05, 4.69) is 10.0 Å². The van der Waals surface area contributed by atoms with Crippen molar-refractivity contribution in [2.24, 2.45) is 0 Å². The van der Waals surface area contributed by atoms with Crippen LogP contribution in [0, 0.1) is 0 Å². The number of fused-ring (bicyclic) bond motifs is 1. The van der Waals surface area contributed by atoms with Gasteiger partial charge < -0.3 is 14.8 Å². The first-order valence-corrected chi connectivity index (χ1v) is 10.2. The van der Waals surface area contributed by atoms with E-state index in [-0.39, 0.29) is 4.90 Å². The highest BCUT2D eigenvalue weighted by molar-refractivity contribution is 7.89. The average molecular weight is 390 g/mol. The molecule has 0 aromatic heterocycles. The fraction of sp³-hybridized carbons (Fsp3) is 0.316. The number of hydrogen-bond acceptors (Lipinski definition) is 5. The second-order valence-corrected chi connectivity index (χ2v) is 7.92. The Morgan fingerprint density at radius 2 is 1.78 bits per heavy atom. The molecule has 1 amide bonds. The minimum absolute atomic E-state index is 0.0226. The third-order valence-corrected chi connectivity index (χ3v) is 5.60. The van der Waals surface area contributed by atoms with Crippen LogP contribution in [0.15, 0.2) is 53.4 Å². The van der Waals surface area contributed by atoms with Gasteiger partial charge in [0.05, 0.1) is 24.2 Å². The van der Waals surface area contributed by atoms with Crippen LogP contribution in [0.1, 0.15) is 18.9 Å². The van der Waals surface area contributed by atoms with Gasteiger partial charge in [0.15, 0.2) is 11.5 Å². The molecule has 0 radical (unpaired) electrons. The van der Waals surface area contributed by atoms with Gasteiger partial charge in [0.2, 0.25) is 15.9 Å². The lowest BCUT2D eigenvalue weighted by molar-refractivity contribution is -0.122. The van der Waals surface area contributed by atoms with Crippen LogP contribution < -0.4 is 19.5 Å². The van der Waals surface area contributed by atoms with E-state index in [1.54, 1.807) is 6.07 Å². The van der Waals surface area contributed by atoms with Crippen LogP contribution in [0.4, 0.5) is 0 Å². The van der Waals surface area contributed by atoms with Gasteiger partial charge in [0.1, 0.15) is 0 Å². The van der Waals surface area contributed by atoms with Crippen molar-refractivity contribution in [3.05, 3.63) is 54.1 Å². The maximum Gasteiger partial charge on any atom is 0.241 e. The Kier molecular flexibility index (Phi) is 5.98. The fourth-order valence-electron chi connectivity index (χ4n) is 2.60. The first-order valence-electron chi connectivity index (χ1n) is 8.69. The molecule has 1 aliphatic heterocycles. The monoisotopic (exact) mass is 390 g/mol. The van der Waals surface area contributed by atoms with Gasteiger partial charge in [0.25, 0.3) is 0 Å². The van der Waals surface area contributed by atoms with Gasteiger partial charge in [-0.25, -0.2) is 8.42 Å². The summed E-state index contributed by atoms with van der Waals surface area (Å²) in [7, 11) is -3.88. The molecule has 0 spiro atoms. The minimum Gasteiger partial charge on any atom is -0.490 e. The van der Waals surface area contributed by atoms with Gasteiger partial charge in [-0.1, -0.05) is 30.3 Å². The van der Waals surface area contributed by atoms with Crippen LogP contribution in [-0.4, -0.2) is 33.6 Å². The van der Waals surface area contributed by atoms with Gasteiger partial charge in [0, 0.05) is 19.0 Å². The number of amides is 1. The molecule has 7 nitrogen and oxygen atoms in total. The zero-order valence-electron chi connectivity index (χ0n) is 15.0. The molecule has 0 aliphatic carbocycles. The van der Waals surface area contributed by atoms with Crippen LogP contribution in [0.3, 0.4) is 0 Å². The van der Waals surface area contributed by atoms with Crippen molar-refractivity contribution in [3.63, 3.8) is 0 Å². The molecule has 2 aromatic rings. The van der Waals surface area contributed by atoms with E-state index in [4.69, 9.17) is 9.47 Å². The van der Waals surface area contributed by atoms with Gasteiger partial charge in [-0.15, -0.1) is 0 Å². The van der Waals surface area contributed by atoms with Crippen LogP contribution in [0.5, 0.6) is 11.5 Å². The third kappa shape index (κ3) is 4.99. The third-order valence-electron chi connectivity index (χ3n) is 4.06. The van der Waals surface area contributed by atoms with Gasteiger partial charge >= 0.3 is 0 Å². The van der Waals surface area contributed by atoms with Gasteiger partial charge in [-0.2, -0.15) is 4.72 Å². The van der Waals surface area contributed by atoms with Crippen molar-refractivity contribution < 1.29 is 22.7 Å². The van der Waals surface area contributed by atoms with Crippen molar-refractivity contribution in [3.8, 4) is 11.5 Å². The second-order valence-electron chi connectivity index (χ2n) is 6.21. The lowest BCUT2D eigenvalue weighted by atomic mass is 10.2. The molecule has 1 aliphatic rings. The normalized spacial score (nSPS) is 14.9. The lowest BCUT2D eigenvalue weighted by Gasteiger charge is -2.15. The highest BCUT2D eigenvalue weighted by Gasteiger charge is 2.23. The molecule has 0 bridgehead atoms. The topological polar surface area (TPSA) is 93.7 Å². The van der Waals surface area contributed by atoms with Crippen LogP contribution >= 0.6 is 0 Å². The molecule has 0 saturated carbocycles. The number of benzene rings is 2. The Balaban J connectivity index is 1.64. The highest BCUT2D eigenvalue weighted by atomic mass is 32.2. The van der Waals surface area contributed by atoms with Gasteiger partial charge in [-0.05, 0) is 24.6 Å². The van der Waals surface area contributed by atoms with Crippen LogP contribution in [0.25, 0.3) is 0 Å². The molecule has 1 heterocycles. The predicted octanol–water partition coefficient (Wildman–Crippen LogP) is 1.83. The summed E-state index contributed by atoms with van der Waals surface area (Å²) in [5.41, 5.74) is 0.934. The molecule has 144 valence electrons. The number of nitrogens with one attached hydrogen (secondary N) is 2. The van der Waals surface area contributed by atoms with Crippen molar-refractivity contribution in [1.29, 1.82) is 0 Å². The number of rotatable bonds is 6. The number of ether oxygens (including phenoxy) is 2. The number of sulfonamides is 1. The Hall–Kier alpha value is -2.58. The maximum absolute atomic E-state index is 12.6. The van der Waals surface area contributed by atoms with Crippen molar-refractivity contribution in [2.45, 2.75) is 30.8 Å². The molecule has 1 atom stereocenters. The largest absolute Gasteiger partial charge is 0.490 e. The minimum atomic E-state index is -3.88. The summed E-state index contributed by atoms with van der Waals surface area (Å²) in [6.07, 6.45) is 0.730. The quantitative estimate of drug-likeness (QED) is 0.785. The summed E-state index contributed by atoms with van der Waals surface area (Å²) in [5.74, 6) is 0.494. The molecule has 3 rings (SSSR count).